The standard InChI is InChI=1S/C39H46ClFN5P/c1-6-28-15-16-31(29(7-2)21-28)24-45-17-19-47(20-18-45)38-35(37(23-41)42-39(43-38)46-25-32(26-46)44(4)5)22-36(40)27(3)33-14-10-12-30-11-8-9-13-34(30)33/h8-16,21-22,32H,3,6-7,17-20,23-26H2,1-2,4-5H3/b36-22+. The van der Waals surface area contributed by atoms with Gasteiger partial charge in [-0.1, -0.05) is 101 Å². The Kier molecular flexibility index (Phi) is 10.7. The van der Waals surface area contributed by atoms with Gasteiger partial charge in [0, 0.05) is 49.4 Å². The molecule has 2 saturated heterocycles. The quantitative estimate of drug-likeness (QED) is 0.120. The molecule has 0 aliphatic carbocycles. The van der Waals surface area contributed by atoms with E-state index in [0.29, 0.717) is 28.3 Å². The summed E-state index contributed by atoms with van der Waals surface area (Å²) in [4.78, 5) is 17.0. The number of alkyl halides is 1. The van der Waals surface area contributed by atoms with Gasteiger partial charge >= 0.3 is 0 Å². The van der Waals surface area contributed by atoms with Gasteiger partial charge in [-0.3, -0.25) is 4.90 Å². The van der Waals surface area contributed by atoms with Crippen LogP contribution in [0.2, 0.25) is 0 Å². The summed E-state index contributed by atoms with van der Waals surface area (Å²) in [5.74, 6) is 0.639. The van der Waals surface area contributed by atoms with Crippen molar-refractivity contribution >= 4 is 53.3 Å². The van der Waals surface area contributed by atoms with Crippen LogP contribution in [0.15, 0.2) is 72.3 Å². The Labute approximate surface area is 285 Å². The number of halogens is 2. The van der Waals surface area contributed by atoms with Crippen molar-refractivity contribution in [3.05, 3.63) is 106 Å². The number of nitrogens with zero attached hydrogens (tertiary/aromatic N) is 5. The van der Waals surface area contributed by atoms with E-state index in [2.05, 4.69) is 85.6 Å². The number of hydrogen-bond donors (Lipinski definition) is 0. The summed E-state index contributed by atoms with van der Waals surface area (Å²) in [5, 5.41) is 2.70. The van der Waals surface area contributed by atoms with Crippen LogP contribution in [0.5, 0.6) is 0 Å². The lowest BCUT2D eigenvalue weighted by atomic mass is 9.98. The molecule has 6 rings (SSSR count). The van der Waals surface area contributed by atoms with Gasteiger partial charge in [-0.05, 0) is 83.9 Å². The average Bonchev–Trinajstić information content (AvgIpc) is 3.07. The predicted molar refractivity (Wildman–Crippen MR) is 200 cm³/mol. The number of aryl methyl sites for hydroxylation is 2. The van der Waals surface area contributed by atoms with Crippen molar-refractivity contribution < 1.29 is 4.39 Å². The Morgan fingerprint density at radius 2 is 1.74 bits per heavy atom. The van der Waals surface area contributed by atoms with E-state index in [-0.39, 0.29) is 0 Å². The number of likely N-dealkylation sites (N-methyl/N-ethyl adjacent to an activating group) is 1. The maximum Gasteiger partial charge on any atom is 0.226 e. The summed E-state index contributed by atoms with van der Waals surface area (Å²) in [6.07, 6.45) is 6.01. The van der Waals surface area contributed by atoms with E-state index in [4.69, 9.17) is 21.6 Å². The van der Waals surface area contributed by atoms with Gasteiger partial charge in [0.25, 0.3) is 0 Å². The SMILES string of the molecule is C=C(/C(Cl)=C\c1c(CF)nc(N2CC(N(C)C)C2)nc1P1CCN(Cc2ccc(CC)cc2CC)CC1)c1cccc2ccccc12. The molecule has 0 N–H and O–H groups in total. The van der Waals surface area contributed by atoms with Gasteiger partial charge < -0.3 is 9.80 Å². The molecule has 8 heteroatoms. The predicted octanol–water partition coefficient (Wildman–Crippen LogP) is 7.89. The number of allylic oxidation sites excluding steroid dienone is 2. The number of hydrogen-bond acceptors (Lipinski definition) is 5. The minimum Gasteiger partial charge on any atom is -0.338 e. The summed E-state index contributed by atoms with van der Waals surface area (Å²) in [6.45, 7) is 12.8. The molecule has 0 atom stereocenters. The topological polar surface area (TPSA) is 35.5 Å². The zero-order valence-corrected chi connectivity index (χ0v) is 29.8. The van der Waals surface area contributed by atoms with E-state index < -0.39 is 14.6 Å². The maximum absolute atomic E-state index is 14.9. The highest BCUT2D eigenvalue weighted by molar-refractivity contribution is 7.65. The van der Waals surface area contributed by atoms with Crippen LogP contribution in [0, 0.1) is 0 Å². The van der Waals surface area contributed by atoms with Gasteiger partial charge in [0.1, 0.15) is 6.67 Å². The second-order valence-electron chi connectivity index (χ2n) is 12.9. The van der Waals surface area contributed by atoms with Gasteiger partial charge in [-0.15, -0.1) is 0 Å². The van der Waals surface area contributed by atoms with E-state index in [0.717, 1.165) is 85.2 Å². The molecule has 1 aromatic heterocycles. The highest BCUT2D eigenvalue weighted by Crippen LogP contribution is 2.41. The monoisotopic (exact) mass is 669 g/mol. The molecule has 2 aliphatic rings. The number of aromatic nitrogens is 2. The first-order valence-corrected chi connectivity index (χ1v) is 18.9. The molecule has 3 aromatic carbocycles. The van der Waals surface area contributed by atoms with Crippen molar-refractivity contribution in [3.63, 3.8) is 0 Å². The molecule has 2 aliphatic heterocycles. The third-order valence-corrected chi connectivity index (χ3v) is 12.6. The minimum absolute atomic E-state index is 0.413. The molecule has 0 spiro atoms. The first-order valence-electron chi connectivity index (χ1n) is 16.8. The molecular formula is C39H46ClFN5P. The Balaban J connectivity index is 1.30. The van der Waals surface area contributed by atoms with Crippen molar-refractivity contribution in [1.82, 2.24) is 19.8 Å². The van der Waals surface area contributed by atoms with Crippen molar-refractivity contribution in [2.45, 2.75) is 46.0 Å². The lowest BCUT2D eigenvalue weighted by molar-refractivity contribution is 0.245. The van der Waals surface area contributed by atoms with Crippen LogP contribution in [0.25, 0.3) is 22.4 Å². The highest BCUT2D eigenvalue weighted by Gasteiger charge is 2.33. The van der Waals surface area contributed by atoms with Gasteiger partial charge in [-0.2, -0.15) is 0 Å². The third-order valence-electron chi connectivity index (χ3n) is 9.79. The van der Waals surface area contributed by atoms with E-state index in [1.165, 1.54) is 16.7 Å². The van der Waals surface area contributed by atoms with Crippen LogP contribution >= 0.6 is 19.5 Å². The van der Waals surface area contributed by atoms with Crippen LogP contribution in [0.3, 0.4) is 0 Å². The third kappa shape index (κ3) is 7.32. The summed E-state index contributed by atoms with van der Waals surface area (Å²) in [5.41, 5.74) is 8.07. The zero-order valence-electron chi connectivity index (χ0n) is 28.1. The van der Waals surface area contributed by atoms with Crippen LogP contribution in [-0.2, 0) is 26.1 Å². The largest absolute Gasteiger partial charge is 0.338 e. The molecule has 3 heterocycles. The highest BCUT2D eigenvalue weighted by atomic mass is 35.5. The molecule has 2 fully saturated rings. The number of rotatable bonds is 11. The fourth-order valence-corrected chi connectivity index (χ4v) is 9.31. The van der Waals surface area contributed by atoms with Crippen molar-refractivity contribution in [3.8, 4) is 0 Å². The number of benzene rings is 3. The zero-order chi connectivity index (χ0) is 33.1. The Morgan fingerprint density at radius 1 is 1.00 bits per heavy atom. The molecule has 0 unspecified atom stereocenters. The van der Waals surface area contributed by atoms with Crippen LogP contribution in [0.1, 0.15) is 47.4 Å². The maximum atomic E-state index is 14.9. The van der Waals surface area contributed by atoms with Gasteiger partial charge in [0.15, 0.2) is 0 Å². The normalized spacial score (nSPS) is 16.7. The Bertz CT molecular complexity index is 1770. The van der Waals surface area contributed by atoms with E-state index in [1.807, 2.05) is 30.3 Å². The summed E-state index contributed by atoms with van der Waals surface area (Å²) in [7, 11) is 3.55. The molecule has 0 amide bonds. The first-order chi connectivity index (χ1) is 22.8. The van der Waals surface area contributed by atoms with Crippen molar-refractivity contribution in [2.75, 3.05) is 57.5 Å². The fraction of sp³-hybridized carbons (Fsp3) is 0.385. The summed E-state index contributed by atoms with van der Waals surface area (Å²) in [6, 6.07) is 21.8. The Morgan fingerprint density at radius 3 is 2.45 bits per heavy atom. The van der Waals surface area contributed by atoms with Crippen LogP contribution < -0.4 is 10.3 Å². The number of anilines is 1. The van der Waals surface area contributed by atoms with Gasteiger partial charge in [0.05, 0.1) is 11.1 Å². The Hall–Kier alpha value is -3.15. The summed E-state index contributed by atoms with van der Waals surface area (Å²) >= 11 is 7.07. The van der Waals surface area contributed by atoms with E-state index in [1.54, 1.807) is 0 Å². The van der Waals surface area contributed by atoms with E-state index >= 15 is 0 Å². The van der Waals surface area contributed by atoms with Crippen LogP contribution in [0.4, 0.5) is 10.3 Å². The van der Waals surface area contributed by atoms with Crippen molar-refractivity contribution in [2.24, 2.45) is 0 Å². The molecule has 0 saturated carbocycles. The second kappa shape index (κ2) is 15.0. The lowest BCUT2D eigenvalue weighted by Gasteiger charge is -2.43. The van der Waals surface area contributed by atoms with Crippen molar-refractivity contribution in [1.29, 1.82) is 0 Å². The fourth-order valence-electron chi connectivity index (χ4n) is 6.64. The molecular weight excluding hydrogens is 624 g/mol. The summed E-state index contributed by atoms with van der Waals surface area (Å²) < 4.78 is 14.9. The average molecular weight is 670 g/mol. The smallest absolute Gasteiger partial charge is 0.226 e. The van der Waals surface area contributed by atoms with Gasteiger partial charge in [0.2, 0.25) is 5.95 Å². The van der Waals surface area contributed by atoms with E-state index in [9.17, 15) is 4.39 Å². The molecule has 5 nitrogen and oxygen atoms in total. The molecule has 47 heavy (non-hydrogen) atoms. The molecule has 0 bridgehead atoms. The van der Waals surface area contributed by atoms with Gasteiger partial charge in [-0.25, -0.2) is 14.4 Å². The second-order valence-corrected chi connectivity index (χ2v) is 15.7. The molecule has 0 radical (unpaired) electrons. The number of fused-ring (bicyclic) bond motifs is 1. The first kappa shape index (κ1) is 33.7. The molecule has 4 aromatic rings. The lowest BCUT2D eigenvalue weighted by Crippen LogP contribution is -2.58. The minimum atomic E-state index is -0.674. The van der Waals surface area contributed by atoms with Crippen LogP contribution in [-0.4, -0.2) is 78.4 Å². The molecule has 246 valence electrons.